The van der Waals surface area contributed by atoms with Crippen LogP contribution in [0.5, 0.6) is 5.75 Å². The molecule has 2 saturated heterocycles. The lowest BCUT2D eigenvalue weighted by Crippen LogP contribution is -2.27. The minimum Gasteiger partial charge on any atom is -0.494 e. The van der Waals surface area contributed by atoms with Gasteiger partial charge in [-0.15, -0.1) is 0 Å². The number of nitrogens with zero attached hydrogens (tertiary/aromatic N) is 3. The first-order valence-electron chi connectivity index (χ1n) is 10.0. The molecule has 0 unspecified atom stereocenters. The highest BCUT2D eigenvalue weighted by Crippen LogP contribution is 2.34. The second kappa shape index (κ2) is 8.24. The van der Waals surface area contributed by atoms with Crippen molar-refractivity contribution in [3.63, 3.8) is 0 Å². The predicted octanol–water partition coefficient (Wildman–Crippen LogP) is 5.16. The number of ether oxygens (including phenoxy) is 1. The van der Waals surface area contributed by atoms with E-state index < -0.39 is 0 Å². The number of para-hydroxylation sites is 1. The van der Waals surface area contributed by atoms with Gasteiger partial charge in [-0.1, -0.05) is 41.3 Å². The maximum Gasteiger partial charge on any atom is 0.183 e. The summed E-state index contributed by atoms with van der Waals surface area (Å²) >= 11 is 3.56. The van der Waals surface area contributed by atoms with Crippen LogP contribution in [0.3, 0.4) is 0 Å². The number of hydrogen-bond donors (Lipinski definition) is 1. The van der Waals surface area contributed by atoms with Gasteiger partial charge in [-0.25, -0.2) is 9.98 Å². The van der Waals surface area contributed by atoms with Crippen LogP contribution >= 0.6 is 23.1 Å². The van der Waals surface area contributed by atoms with Crippen molar-refractivity contribution in [3.8, 4) is 5.75 Å². The Morgan fingerprint density at radius 3 is 3.00 bits per heavy atom. The quantitative estimate of drug-likeness (QED) is 0.592. The number of thiazole rings is 1. The van der Waals surface area contributed by atoms with Gasteiger partial charge in [-0.2, -0.15) is 0 Å². The summed E-state index contributed by atoms with van der Waals surface area (Å²) < 4.78 is 6.54. The van der Waals surface area contributed by atoms with Crippen LogP contribution in [0.15, 0.2) is 47.5 Å². The van der Waals surface area contributed by atoms with Crippen molar-refractivity contribution in [2.24, 2.45) is 4.99 Å². The molecular weight excluding hydrogens is 400 g/mol. The number of aliphatic imine (C=N–C) groups is 1. The third-order valence-electron chi connectivity index (χ3n) is 5.48. The maximum absolute atomic E-state index is 5.40. The van der Waals surface area contributed by atoms with E-state index in [1.54, 1.807) is 18.4 Å². The first kappa shape index (κ1) is 18.8. The summed E-state index contributed by atoms with van der Waals surface area (Å²) in [6.45, 7) is 2.01. The van der Waals surface area contributed by atoms with Crippen LogP contribution in [0.2, 0.25) is 0 Å². The van der Waals surface area contributed by atoms with Gasteiger partial charge < -0.3 is 15.0 Å². The summed E-state index contributed by atoms with van der Waals surface area (Å²) in [7, 11) is 1.69. The number of fused-ring (bicyclic) bond motifs is 2. The molecule has 150 valence electrons. The maximum atomic E-state index is 5.40. The van der Waals surface area contributed by atoms with Crippen LogP contribution < -0.4 is 10.1 Å². The summed E-state index contributed by atoms with van der Waals surface area (Å²) in [5.74, 6) is 2.02. The number of nitrogens with one attached hydrogen (secondary N) is 1. The Bertz CT molecular complexity index is 1030. The third kappa shape index (κ3) is 3.94. The molecule has 3 heterocycles. The fraction of sp³-hybridized carbons (Fsp3) is 0.364. The average Bonchev–Trinajstić information content (AvgIpc) is 3.45. The summed E-state index contributed by atoms with van der Waals surface area (Å²) in [5, 5.41) is 5.58. The first-order chi connectivity index (χ1) is 14.3. The van der Waals surface area contributed by atoms with Gasteiger partial charge >= 0.3 is 0 Å². The van der Waals surface area contributed by atoms with Gasteiger partial charge in [0, 0.05) is 24.9 Å². The molecule has 1 N–H and O–H groups in total. The summed E-state index contributed by atoms with van der Waals surface area (Å²) in [4.78, 5) is 12.0. The summed E-state index contributed by atoms with van der Waals surface area (Å²) in [5.41, 5.74) is 3.28. The molecule has 5 nitrogen and oxygen atoms in total. The van der Waals surface area contributed by atoms with Crippen molar-refractivity contribution in [3.05, 3.63) is 48.0 Å². The van der Waals surface area contributed by atoms with Crippen LogP contribution in [0, 0.1) is 0 Å². The van der Waals surface area contributed by atoms with E-state index in [0.717, 1.165) is 46.3 Å². The van der Waals surface area contributed by atoms with E-state index in [1.807, 2.05) is 23.9 Å². The molecule has 1 aromatic heterocycles. The average molecular weight is 425 g/mol. The highest BCUT2D eigenvalue weighted by Gasteiger charge is 2.33. The van der Waals surface area contributed by atoms with Gasteiger partial charge in [0.25, 0.3) is 0 Å². The third-order valence-corrected chi connectivity index (χ3v) is 7.59. The van der Waals surface area contributed by atoms with Crippen molar-refractivity contribution in [1.82, 2.24) is 9.88 Å². The Labute approximate surface area is 179 Å². The molecule has 2 fully saturated rings. The van der Waals surface area contributed by atoms with Gasteiger partial charge in [0.2, 0.25) is 0 Å². The van der Waals surface area contributed by atoms with Crippen LogP contribution in [0.1, 0.15) is 18.4 Å². The lowest BCUT2D eigenvalue weighted by atomic mass is 10.1. The smallest absolute Gasteiger partial charge is 0.183 e. The number of hydrogen-bond acceptors (Lipinski definition) is 6. The molecule has 5 rings (SSSR count). The zero-order chi connectivity index (χ0) is 19.6. The molecule has 3 aromatic rings. The minimum absolute atomic E-state index is 0.714. The molecule has 0 aliphatic carbocycles. The lowest BCUT2D eigenvalue weighted by molar-refractivity contribution is 0.419. The molecular formula is C22H24N4OS2. The van der Waals surface area contributed by atoms with Gasteiger partial charge in [-0.3, -0.25) is 0 Å². The molecule has 0 amide bonds. The van der Waals surface area contributed by atoms with Crippen molar-refractivity contribution < 1.29 is 4.74 Å². The zero-order valence-corrected chi connectivity index (χ0v) is 18.1. The second-order valence-corrected chi connectivity index (χ2v) is 9.38. The van der Waals surface area contributed by atoms with Crippen molar-refractivity contribution in [1.29, 1.82) is 0 Å². The van der Waals surface area contributed by atoms with E-state index in [-0.39, 0.29) is 0 Å². The minimum atomic E-state index is 0.714. The van der Waals surface area contributed by atoms with Crippen LogP contribution in [-0.2, 0) is 6.42 Å². The predicted molar refractivity (Wildman–Crippen MR) is 124 cm³/mol. The normalized spacial score (nSPS) is 19.8. The number of anilines is 1. The Morgan fingerprint density at radius 1 is 1.24 bits per heavy atom. The Balaban J connectivity index is 1.19. The Morgan fingerprint density at radius 2 is 2.14 bits per heavy atom. The fourth-order valence-electron chi connectivity index (χ4n) is 3.94. The summed E-state index contributed by atoms with van der Waals surface area (Å²) in [6.07, 6.45) is 3.57. The van der Waals surface area contributed by atoms with E-state index in [1.165, 1.54) is 29.3 Å². The zero-order valence-electron chi connectivity index (χ0n) is 16.4. The molecule has 0 spiro atoms. The topological polar surface area (TPSA) is 49.8 Å². The highest BCUT2D eigenvalue weighted by molar-refractivity contribution is 8.14. The number of methoxy groups -OCH3 is 1. The standard InChI is InChI=1S/C22H24N4OS2/c1-27-18-5-2-6-19-20(18)25-21(29-19)23-12-11-15-7-9-16(10-8-15)24-22-26-13-3-4-17(26)14-28-22/h2,5-10,17H,3-4,11-14H2,1H3,(H,23,25)/b24-22-/t17-/m0/s1. The van der Waals surface area contributed by atoms with Crippen LogP contribution in [0.4, 0.5) is 10.8 Å². The molecule has 2 aliphatic heterocycles. The van der Waals surface area contributed by atoms with E-state index in [0.29, 0.717) is 6.04 Å². The number of aromatic nitrogens is 1. The molecule has 2 aliphatic rings. The second-order valence-electron chi connectivity index (χ2n) is 7.36. The van der Waals surface area contributed by atoms with E-state index >= 15 is 0 Å². The van der Waals surface area contributed by atoms with Gasteiger partial charge in [-0.05, 0) is 49.1 Å². The number of benzene rings is 2. The summed E-state index contributed by atoms with van der Waals surface area (Å²) in [6, 6.07) is 15.4. The molecule has 2 aromatic carbocycles. The highest BCUT2D eigenvalue weighted by atomic mass is 32.2. The lowest BCUT2D eigenvalue weighted by Gasteiger charge is -2.16. The number of rotatable bonds is 6. The largest absolute Gasteiger partial charge is 0.494 e. The molecule has 7 heteroatoms. The van der Waals surface area contributed by atoms with E-state index in [4.69, 9.17) is 9.73 Å². The van der Waals surface area contributed by atoms with Crippen molar-refractivity contribution >= 4 is 49.3 Å². The molecule has 0 radical (unpaired) electrons. The SMILES string of the molecule is COc1cccc2sc(NCCc3ccc(/N=C4\SC[C@@H]5CCCN45)cc3)nc12. The molecule has 0 saturated carbocycles. The molecule has 0 bridgehead atoms. The monoisotopic (exact) mass is 424 g/mol. The van der Waals surface area contributed by atoms with Crippen LogP contribution in [0.25, 0.3) is 10.2 Å². The first-order valence-corrected chi connectivity index (χ1v) is 11.8. The van der Waals surface area contributed by atoms with Crippen molar-refractivity contribution in [2.45, 2.75) is 25.3 Å². The van der Waals surface area contributed by atoms with Crippen molar-refractivity contribution in [2.75, 3.05) is 31.3 Å². The van der Waals surface area contributed by atoms with Crippen LogP contribution in [-0.4, -0.2) is 47.0 Å². The Hall–Kier alpha value is -2.25. The molecule has 1 atom stereocenters. The van der Waals surface area contributed by atoms with Gasteiger partial charge in [0.15, 0.2) is 10.3 Å². The number of amidine groups is 1. The number of thioether (sulfide) groups is 1. The Kier molecular flexibility index (Phi) is 5.33. The van der Waals surface area contributed by atoms with E-state index in [9.17, 15) is 0 Å². The van der Waals surface area contributed by atoms with Gasteiger partial charge in [0.05, 0.1) is 17.5 Å². The van der Waals surface area contributed by atoms with Gasteiger partial charge in [0.1, 0.15) is 11.3 Å². The van der Waals surface area contributed by atoms with E-state index in [2.05, 4.69) is 45.5 Å². The fourth-order valence-corrected chi connectivity index (χ4v) is 6.11. The molecule has 29 heavy (non-hydrogen) atoms.